The van der Waals surface area contributed by atoms with Crippen LogP contribution in [0.5, 0.6) is 5.75 Å². The number of anilines is 1. The number of fused-ring (bicyclic) bond motifs is 1. The molecule has 3 N–H and O–H groups in total. The molecule has 0 bridgehead atoms. The van der Waals surface area contributed by atoms with Crippen LogP contribution in [0.4, 0.5) is 10.1 Å². The van der Waals surface area contributed by atoms with E-state index in [1.165, 1.54) is 11.6 Å². The Morgan fingerprint density at radius 1 is 1.21 bits per heavy atom. The summed E-state index contributed by atoms with van der Waals surface area (Å²) in [6, 6.07) is 10.8. The van der Waals surface area contributed by atoms with Crippen LogP contribution in [-0.4, -0.2) is 40.4 Å². The Kier molecular flexibility index (Phi) is 5.46. The second kappa shape index (κ2) is 8.18. The third-order valence-electron chi connectivity index (χ3n) is 5.23. The van der Waals surface area contributed by atoms with Crippen LogP contribution in [0.2, 0.25) is 0 Å². The minimum atomic E-state index is -0.183. The van der Waals surface area contributed by atoms with Gasteiger partial charge in [0.2, 0.25) is 0 Å². The first-order valence-electron chi connectivity index (χ1n) is 9.61. The summed E-state index contributed by atoms with van der Waals surface area (Å²) in [7, 11) is 3.48. The van der Waals surface area contributed by atoms with Gasteiger partial charge in [-0.1, -0.05) is 12.1 Å². The van der Waals surface area contributed by atoms with E-state index in [1.54, 1.807) is 17.9 Å². The number of hydrogen-bond donors (Lipinski definition) is 2. The SMILES string of the molecule is CNc1c(OC)cccc1-c1nc(CCN2Cc3ccc(F)cc3C2)nn1CN. The molecule has 8 heteroatoms. The van der Waals surface area contributed by atoms with Crippen molar-refractivity contribution in [3.63, 3.8) is 0 Å². The number of benzene rings is 2. The molecule has 0 saturated carbocycles. The van der Waals surface area contributed by atoms with Crippen molar-refractivity contribution >= 4 is 5.69 Å². The van der Waals surface area contributed by atoms with Crippen molar-refractivity contribution in [2.45, 2.75) is 26.2 Å². The number of methoxy groups -OCH3 is 1. The largest absolute Gasteiger partial charge is 0.495 e. The van der Waals surface area contributed by atoms with Gasteiger partial charge in [0, 0.05) is 38.7 Å². The Morgan fingerprint density at radius 3 is 2.79 bits per heavy atom. The van der Waals surface area contributed by atoms with Crippen LogP contribution < -0.4 is 15.8 Å². The number of nitrogens with one attached hydrogen (secondary N) is 1. The smallest absolute Gasteiger partial charge is 0.161 e. The van der Waals surface area contributed by atoms with Gasteiger partial charge in [0.15, 0.2) is 11.6 Å². The summed E-state index contributed by atoms with van der Waals surface area (Å²) in [6.45, 7) is 2.59. The van der Waals surface area contributed by atoms with Gasteiger partial charge in [0.25, 0.3) is 0 Å². The molecule has 7 nitrogen and oxygen atoms in total. The van der Waals surface area contributed by atoms with Crippen LogP contribution in [0.3, 0.4) is 0 Å². The minimum Gasteiger partial charge on any atom is -0.495 e. The fraction of sp³-hybridized carbons (Fsp3) is 0.333. The molecule has 1 aliphatic heterocycles. The molecule has 152 valence electrons. The lowest BCUT2D eigenvalue weighted by Crippen LogP contribution is -2.20. The van der Waals surface area contributed by atoms with Crippen molar-refractivity contribution < 1.29 is 9.13 Å². The molecule has 4 rings (SSSR count). The minimum absolute atomic E-state index is 0.183. The summed E-state index contributed by atoms with van der Waals surface area (Å²) in [6.07, 6.45) is 0.690. The zero-order valence-electron chi connectivity index (χ0n) is 16.7. The normalized spacial score (nSPS) is 13.5. The van der Waals surface area contributed by atoms with Gasteiger partial charge in [0.05, 0.1) is 19.5 Å². The number of hydrogen-bond acceptors (Lipinski definition) is 6. The molecule has 2 aromatic carbocycles. The summed E-state index contributed by atoms with van der Waals surface area (Å²) in [4.78, 5) is 7.02. The van der Waals surface area contributed by atoms with Crippen LogP contribution in [0.25, 0.3) is 11.4 Å². The number of rotatable bonds is 7. The molecule has 2 heterocycles. The maximum absolute atomic E-state index is 13.4. The molecule has 0 radical (unpaired) electrons. The fourth-order valence-electron chi connectivity index (χ4n) is 3.82. The molecule has 0 unspecified atom stereocenters. The van der Waals surface area contributed by atoms with Gasteiger partial charge in [-0.05, 0) is 35.4 Å². The maximum atomic E-state index is 13.4. The molecule has 0 amide bonds. The predicted octanol–water partition coefficient (Wildman–Crippen LogP) is 2.61. The Balaban J connectivity index is 1.52. The topological polar surface area (TPSA) is 81.2 Å². The zero-order valence-corrected chi connectivity index (χ0v) is 16.7. The summed E-state index contributed by atoms with van der Waals surface area (Å²) in [5, 5.41) is 7.77. The first-order valence-corrected chi connectivity index (χ1v) is 9.61. The van der Waals surface area contributed by atoms with Gasteiger partial charge in [0.1, 0.15) is 11.6 Å². The molecule has 1 aliphatic rings. The van der Waals surface area contributed by atoms with E-state index >= 15 is 0 Å². The first-order chi connectivity index (χ1) is 14.1. The molecule has 0 atom stereocenters. The molecule has 0 spiro atoms. The molecule has 0 fully saturated rings. The number of halogens is 1. The van der Waals surface area contributed by atoms with E-state index in [-0.39, 0.29) is 12.5 Å². The predicted molar refractivity (Wildman–Crippen MR) is 110 cm³/mol. The van der Waals surface area contributed by atoms with Gasteiger partial charge in [-0.25, -0.2) is 14.1 Å². The fourth-order valence-corrected chi connectivity index (χ4v) is 3.82. The zero-order chi connectivity index (χ0) is 20.4. The molecule has 29 heavy (non-hydrogen) atoms. The quantitative estimate of drug-likeness (QED) is 0.639. The van der Waals surface area contributed by atoms with Crippen molar-refractivity contribution in [1.29, 1.82) is 0 Å². The number of ether oxygens (including phenoxy) is 1. The Bertz CT molecular complexity index is 1020. The van der Waals surface area contributed by atoms with Crippen molar-refractivity contribution in [2.24, 2.45) is 5.73 Å². The van der Waals surface area contributed by atoms with Crippen LogP contribution in [-0.2, 0) is 26.2 Å². The Labute approximate surface area is 169 Å². The molecule has 3 aromatic rings. The van der Waals surface area contributed by atoms with Gasteiger partial charge in [-0.15, -0.1) is 0 Å². The highest BCUT2D eigenvalue weighted by Crippen LogP contribution is 2.34. The van der Waals surface area contributed by atoms with Crippen LogP contribution in [0.1, 0.15) is 17.0 Å². The lowest BCUT2D eigenvalue weighted by molar-refractivity contribution is 0.286. The number of nitrogens with zero attached hydrogens (tertiary/aromatic N) is 4. The van der Waals surface area contributed by atoms with Gasteiger partial charge in [-0.3, -0.25) is 4.90 Å². The second-order valence-corrected chi connectivity index (χ2v) is 7.04. The van der Waals surface area contributed by atoms with Gasteiger partial charge >= 0.3 is 0 Å². The molecule has 0 saturated heterocycles. The molecule has 0 aliphatic carbocycles. The second-order valence-electron chi connectivity index (χ2n) is 7.04. The highest BCUT2D eigenvalue weighted by atomic mass is 19.1. The van der Waals surface area contributed by atoms with Gasteiger partial charge < -0.3 is 15.8 Å². The van der Waals surface area contributed by atoms with Crippen molar-refractivity contribution in [3.05, 3.63) is 59.2 Å². The number of aromatic nitrogens is 3. The Morgan fingerprint density at radius 2 is 2.03 bits per heavy atom. The van der Waals surface area contributed by atoms with Crippen molar-refractivity contribution in [1.82, 2.24) is 19.7 Å². The van der Waals surface area contributed by atoms with Crippen molar-refractivity contribution in [2.75, 3.05) is 26.0 Å². The third kappa shape index (κ3) is 3.81. The van der Waals surface area contributed by atoms with Crippen molar-refractivity contribution in [3.8, 4) is 17.1 Å². The standard InChI is InChI=1S/C21H25FN6O/c1-24-20-17(4-3-5-18(20)29-2)21-25-19(26-28(21)13-23)8-9-27-11-14-6-7-16(22)10-15(14)12-27/h3-7,10,24H,8-9,11-13,23H2,1-2H3. The highest BCUT2D eigenvalue weighted by Gasteiger charge is 2.21. The van der Waals surface area contributed by atoms with E-state index in [1.807, 2.05) is 31.3 Å². The van der Waals surface area contributed by atoms with E-state index in [2.05, 4.69) is 15.3 Å². The summed E-state index contributed by atoms with van der Waals surface area (Å²) < 4.78 is 20.6. The number of nitrogens with two attached hydrogens (primary N) is 1. The summed E-state index contributed by atoms with van der Waals surface area (Å²) in [5.74, 6) is 1.99. The average Bonchev–Trinajstić information content (AvgIpc) is 3.34. The monoisotopic (exact) mass is 396 g/mol. The van der Waals surface area contributed by atoms with E-state index in [0.29, 0.717) is 12.2 Å². The summed E-state index contributed by atoms with van der Waals surface area (Å²) in [5.41, 5.74) is 9.89. The lowest BCUT2D eigenvalue weighted by Gasteiger charge is -2.13. The van der Waals surface area contributed by atoms with Crippen LogP contribution in [0, 0.1) is 5.82 Å². The Hall–Kier alpha value is -2.97. The van der Waals surface area contributed by atoms with E-state index in [0.717, 1.165) is 48.0 Å². The van der Waals surface area contributed by atoms with E-state index in [9.17, 15) is 4.39 Å². The van der Waals surface area contributed by atoms with E-state index in [4.69, 9.17) is 15.5 Å². The van der Waals surface area contributed by atoms with Crippen LogP contribution >= 0.6 is 0 Å². The molecule has 1 aromatic heterocycles. The number of para-hydroxylation sites is 1. The first kappa shape index (κ1) is 19.4. The maximum Gasteiger partial charge on any atom is 0.161 e. The molecular formula is C21H25FN6O. The molecular weight excluding hydrogens is 371 g/mol. The van der Waals surface area contributed by atoms with Gasteiger partial charge in [-0.2, -0.15) is 5.10 Å². The highest BCUT2D eigenvalue weighted by molar-refractivity contribution is 5.79. The van der Waals surface area contributed by atoms with Crippen LogP contribution in [0.15, 0.2) is 36.4 Å². The lowest BCUT2D eigenvalue weighted by atomic mass is 10.1. The summed E-state index contributed by atoms with van der Waals surface area (Å²) >= 11 is 0. The average molecular weight is 396 g/mol. The third-order valence-corrected chi connectivity index (χ3v) is 5.23. The van der Waals surface area contributed by atoms with E-state index < -0.39 is 0 Å².